The summed E-state index contributed by atoms with van der Waals surface area (Å²) in [5, 5.41) is 4.05. The molecule has 1 aliphatic carbocycles. The van der Waals surface area contributed by atoms with Gasteiger partial charge in [0.2, 0.25) is 0 Å². The number of aromatic nitrogens is 1. The molecule has 0 N–H and O–H groups in total. The first kappa shape index (κ1) is 15.9. The number of piperazine rings is 1. The van der Waals surface area contributed by atoms with Crippen molar-refractivity contribution in [3.8, 4) is 11.3 Å². The molecule has 1 saturated heterocycles. The third kappa shape index (κ3) is 2.81. The van der Waals surface area contributed by atoms with Crippen molar-refractivity contribution in [2.75, 3.05) is 13.1 Å². The predicted molar refractivity (Wildman–Crippen MR) is 91.3 cm³/mol. The standard InChI is InChI=1S/C19H21N3O3/c1-19(8-5-9-19)22-11-10-21(17(23)18(22)24)13-15-12-16(25-20-15)14-6-3-2-4-7-14/h2-4,6-7,12H,5,8-11,13H2,1H3. The highest BCUT2D eigenvalue weighted by molar-refractivity contribution is 6.35. The Balaban J connectivity index is 1.45. The fourth-order valence-corrected chi connectivity index (χ4v) is 3.62. The lowest BCUT2D eigenvalue weighted by molar-refractivity contribution is -0.163. The van der Waals surface area contributed by atoms with E-state index in [0.717, 1.165) is 24.8 Å². The molecule has 2 aliphatic rings. The molecule has 0 unspecified atom stereocenters. The molecule has 0 spiro atoms. The zero-order valence-electron chi connectivity index (χ0n) is 14.3. The lowest BCUT2D eigenvalue weighted by Crippen LogP contribution is -2.63. The second-order valence-electron chi connectivity index (χ2n) is 7.08. The van der Waals surface area contributed by atoms with Crippen molar-refractivity contribution in [2.45, 2.75) is 38.3 Å². The van der Waals surface area contributed by atoms with E-state index in [0.29, 0.717) is 31.1 Å². The fraction of sp³-hybridized carbons (Fsp3) is 0.421. The van der Waals surface area contributed by atoms with Gasteiger partial charge in [0, 0.05) is 30.3 Å². The second kappa shape index (κ2) is 6.02. The van der Waals surface area contributed by atoms with Crippen LogP contribution in [0.3, 0.4) is 0 Å². The Hall–Kier alpha value is -2.63. The summed E-state index contributed by atoms with van der Waals surface area (Å²) in [5.74, 6) is -0.168. The number of carbonyl (C=O) groups is 2. The number of nitrogens with zero attached hydrogens (tertiary/aromatic N) is 3. The van der Waals surface area contributed by atoms with E-state index in [9.17, 15) is 9.59 Å². The van der Waals surface area contributed by atoms with Crippen LogP contribution in [0.5, 0.6) is 0 Å². The van der Waals surface area contributed by atoms with Gasteiger partial charge in [0.1, 0.15) is 5.69 Å². The number of hydrogen-bond acceptors (Lipinski definition) is 4. The molecule has 0 atom stereocenters. The number of hydrogen-bond donors (Lipinski definition) is 0. The number of carbonyl (C=O) groups excluding carboxylic acids is 2. The van der Waals surface area contributed by atoms with Crippen LogP contribution < -0.4 is 0 Å². The molecule has 2 fully saturated rings. The van der Waals surface area contributed by atoms with Crippen LogP contribution in [0.2, 0.25) is 0 Å². The molecule has 6 nitrogen and oxygen atoms in total. The van der Waals surface area contributed by atoms with Crippen LogP contribution in [0.4, 0.5) is 0 Å². The van der Waals surface area contributed by atoms with E-state index in [1.807, 2.05) is 36.4 Å². The zero-order valence-corrected chi connectivity index (χ0v) is 14.3. The van der Waals surface area contributed by atoms with Gasteiger partial charge in [0.05, 0.1) is 6.54 Å². The van der Waals surface area contributed by atoms with E-state index in [2.05, 4.69) is 12.1 Å². The lowest BCUT2D eigenvalue weighted by Gasteiger charge is -2.50. The smallest absolute Gasteiger partial charge is 0.312 e. The number of rotatable bonds is 4. The largest absolute Gasteiger partial charge is 0.356 e. The summed E-state index contributed by atoms with van der Waals surface area (Å²) in [6.45, 7) is 3.49. The average Bonchev–Trinajstić information content (AvgIpc) is 3.07. The Morgan fingerprint density at radius 3 is 2.56 bits per heavy atom. The molecule has 2 amide bonds. The SMILES string of the molecule is CC1(N2CCN(Cc3cc(-c4ccccc4)on3)C(=O)C2=O)CCC1. The van der Waals surface area contributed by atoms with Crippen LogP contribution in [0.1, 0.15) is 31.9 Å². The van der Waals surface area contributed by atoms with Gasteiger partial charge in [0.25, 0.3) is 0 Å². The second-order valence-corrected chi connectivity index (χ2v) is 7.08. The van der Waals surface area contributed by atoms with Crippen molar-refractivity contribution in [1.82, 2.24) is 15.0 Å². The van der Waals surface area contributed by atoms with Gasteiger partial charge in [-0.1, -0.05) is 35.5 Å². The lowest BCUT2D eigenvalue weighted by atomic mass is 9.76. The minimum Gasteiger partial charge on any atom is -0.356 e. The molecule has 2 heterocycles. The van der Waals surface area contributed by atoms with Crippen LogP contribution in [0.15, 0.2) is 40.9 Å². The Bertz CT molecular complexity index is 795. The molecule has 1 saturated carbocycles. The Morgan fingerprint density at radius 2 is 1.88 bits per heavy atom. The molecular formula is C19H21N3O3. The van der Waals surface area contributed by atoms with Crippen molar-refractivity contribution in [3.63, 3.8) is 0 Å². The first-order chi connectivity index (χ1) is 12.1. The van der Waals surface area contributed by atoms with Crippen molar-refractivity contribution in [1.29, 1.82) is 0 Å². The van der Waals surface area contributed by atoms with E-state index < -0.39 is 5.91 Å². The quantitative estimate of drug-likeness (QED) is 0.803. The van der Waals surface area contributed by atoms with Gasteiger partial charge < -0.3 is 14.3 Å². The topological polar surface area (TPSA) is 66.7 Å². The van der Waals surface area contributed by atoms with Crippen LogP contribution in [0.25, 0.3) is 11.3 Å². The Morgan fingerprint density at radius 1 is 1.12 bits per heavy atom. The first-order valence-electron chi connectivity index (χ1n) is 8.69. The molecule has 130 valence electrons. The number of benzene rings is 1. The van der Waals surface area contributed by atoms with Crippen LogP contribution in [-0.2, 0) is 16.1 Å². The maximum absolute atomic E-state index is 12.5. The molecule has 25 heavy (non-hydrogen) atoms. The van der Waals surface area contributed by atoms with Crippen LogP contribution >= 0.6 is 0 Å². The van der Waals surface area contributed by atoms with Crippen molar-refractivity contribution in [2.24, 2.45) is 0 Å². The fourth-order valence-electron chi connectivity index (χ4n) is 3.62. The zero-order chi connectivity index (χ0) is 17.4. The van der Waals surface area contributed by atoms with Crippen LogP contribution in [0, 0.1) is 0 Å². The minimum atomic E-state index is -0.441. The molecule has 1 aromatic carbocycles. The summed E-state index contributed by atoms with van der Waals surface area (Å²) in [6.07, 6.45) is 3.09. The molecule has 2 aromatic rings. The van der Waals surface area contributed by atoms with Crippen molar-refractivity contribution in [3.05, 3.63) is 42.1 Å². The summed E-state index contributed by atoms with van der Waals surface area (Å²) in [5.41, 5.74) is 1.46. The van der Waals surface area contributed by atoms with E-state index in [1.165, 1.54) is 0 Å². The number of amides is 2. The van der Waals surface area contributed by atoms with Crippen LogP contribution in [-0.4, -0.2) is 45.4 Å². The normalized spacial score (nSPS) is 19.9. The predicted octanol–water partition coefficient (Wildman–Crippen LogP) is 2.46. The van der Waals surface area contributed by atoms with Gasteiger partial charge in [-0.2, -0.15) is 0 Å². The maximum atomic E-state index is 12.5. The van der Waals surface area contributed by atoms with E-state index >= 15 is 0 Å². The highest BCUT2D eigenvalue weighted by atomic mass is 16.5. The molecule has 0 radical (unpaired) electrons. The minimum absolute atomic E-state index is 0.132. The van der Waals surface area contributed by atoms with Gasteiger partial charge >= 0.3 is 11.8 Å². The average molecular weight is 339 g/mol. The maximum Gasteiger partial charge on any atom is 0.312 e. The van der Waals surface area contributed by atoms with Gasteiger partial charge in [-0.25, -0.2) is 0 Å². The Labute approximate surface area is 146 Å². The summed E-state index contributed by atoms with van der Waals surface area (Å²) in [7, 11) is 0. The molecule has 0 bridgehead atoms. The van der Waals surface area contributed by atoms with Crippen molar-refractivity contribution >= 4 is 11.8 Å². The van der Waals surface area contributed by atoms with Gasteiger partial charge in [-0.05, 0) is 26.2 Å². The van der Waals surface area contributed by atoms with E-state index in [-0.39, 0.29) is 11.4 Å². The van der Waals surface area contributed by atoms with Gasteiger partial charge in [-0.15, -0.1) is 0 Å². The molecule has 4 rings (SSSR count). The molecule has 6 heteroatoms. The summed E-state index contributed by atoms with van der Waals surface area (Å²) < 4.78 is 5.37. The van der Waals surface area contributed by atoms with Gasteiger partial charge in [0.15, 0.2) is 5.76 Å². The van der Waals surface area contributed by atoms with Crippen molar-refractivity contribution < 1.29 is 14.1 Å². The highest BCUT2D eigenvalue weighted by Crippen LogP contribution is 2.38. The van der Waals surface area contributed by atoms with E-state index in [1.54, 1.807) is 9.80 Å². The summed E-state index contributed by atoms with van der Waals surface area (Å²) in [4.78, 5) is 28.3. The molecular weight excluding hydrogens is 318 g/mol. The first-order valence-corrected chi connectivity index (χ1v) is 8.69. The monoisotopic (exact) mass is 339 g/mol. The van der Waals surface area contributed by atoms with Gasteiger partial charge in [-0.3, -0.25) is 9.59 Å². The summed E-state index contributed by atoms with van der Waals surface area (Å²) >= 11 is 0. The molecule has 1 aromatic heterocycles. The summed E-state index contributed by atoms with van der Waals surface area (Å²) in [6, 6.07) is 11.5. The molecule has 1 aliphatic heterocycles. The highest BCUT2D eigenvalue weighted by Gasteiger charge is 2.45. The third-order valence-corrected chi connectivity index (χ3v) is 5.36. The third-order valence-electron chi connectivity index (χ3n) is 5.36. The van der Waals surface area contributed by atoms with E-state index in [4.69, 9.17) is 4.52 Å². The Kier molecular flexibility index (Phi) is 3.82.